The van der Waals surface area contributed by atoms with Gasteiger partial charge in [0.15, 0.2) is 0 Å². The van der Waals surface area contributed by atoms with E-state index in [-0.39, 0.29) is 5.91 Å². The molecule has 1 heterocycles. The van der Waals surface area contributed by atoms with Crippen LogP contribution in [0.5, 0.6) is 0 Å². The summed E-state index contributed by atoms with van der Waals surface area (Å²) in [5, 5.41) is 2.70. The first-order valence-electron chi connectivity index (χ1n) is 8.17. The quantitative estimate of drug-likeness (QED) is 0.867. The first kappa shape index (κ1) is 16.5. The highest BCUT2D eigenvalue weighted by atomic mass is 16.2. The molecule has 0 aromatic heterocycles. The Labute approximate surface area is 132 Å². The third kappa shape index (κ3) is 4.86. The number of hydrogen-bond donors (Lipinski definition) is 1. The molecule has 1 N–H and O–H groups in total. The predicted octanol–water partition coefficient (Wildman–Crippen LogP) is 2.24. The van der Waals surface area contributed by atoms with E-state index in [0.29, 0.717) is 31.5 Å². The smallest absolute Gasteiger partial charge is 0.311 e. The Kier molecular flexibility index (Phi) is 5.99. The Morgan fingerprint density at radius 2 is 1.82 bits per heavy atom. The van der Waals surface area contributed by atoms with Crippen LogP contribution in [0.2, 0.25) is 0 Å². The molecule has 0 unspecified atom stereocenters. The van der Waals surface area contributed by atoms with Crippen LogP contribution in [0.1, 0.15) is 32.3 Å². The zero-order chi connectivity index (χ0) is 15.9. The maximum absolute atomic E-state index is 12.1. The minimum atomic E-state index is -0.463. The Bertz CT molecular complexity index is 491. The molecular formula is C18H26N2O2. The Morgan fingerprint density at radius 3 is 2.41 bits per heavy atom. The summed E-state index contributed by atoms with van der Waals surface area (Å²) in [5.74, 6) is 0.118. The third-order valence-electron chi connectivity index (χ3n) is 4.13. The van der Waals surface area contributed by atoms with Gasteiger partial charge in [-0.05, 0) is 36.7 Å². The van der Waals surface area contributed by atoms with Crippen LogP contribution in [-0.2, 0) is 16.0 Å². The monoisotopic (exact) mass is 302 g/mol. The molecule has 1 aliphatic heterocycles. The highest BCUT2D eigenvalue weighted by Gasteiger charge is 2.26. The summed E-state index contributed by atoms with van der Waals surface area (Å²) in [7, 11) is 0. The third-order valence-corrected chi connectivity index (χ3v) is 4.13. The van der Waals surface area contributed by atoms with Gasteiger partial charge in [-0.25, -0.2) is 0 Å². The summed E-state index contributed by atoms with van der Waals surface area (Å²) >= 11 is 0. The Balaban J connectivity index is 1.76. The molecule has 0 saturated carbocycles. The minimum Gasteiger partial charge on any atom is -0.348 e. The van der Waals surface area contributed by atoms with Crippen LogP contribution in [-0.4, -0.2) is 36.3 Å². The van der Waals surface area contributed by atoms with Crippen LogP contribution in [0, 0.1) is 11.8 Å². The number of piperidine rings is 1. The van der Waals surface area contributed by atoms with Crippen LogP contribution < -0.4 is 5.32 Å². The van der Waals surface area contributed by atoms with Crippen molar-refractivity contribution >= 4 is 11.8 Å². The van der Waals surface area contributed by atoms with Crippen molar-refractivity contribution in [2.24, 2.45) is 11.8 Å². The lowest BCUT2D eigenvalue weighted by Gasteiger charge is -2.31. The van der Waals surface area contributed by atoms with Gasteiger partial charge in [0, 0.05) is 19.6 Å². The van der Waals surface area contributed by atoms with Gasteiger partial charge in [-0.3, -0.25) is 9.59 Å². The lowest BCUT2D eigenvalue weighted by atomic mass is 9.90. The van der Waals surface area contributed by atoms with E-state index in [1.54, 1.807) is 4.90 Å². The average molecular weight is 302 g/mol. The van der Waals surface area contributed by atoms with E-state index in [2.05, 4.69) is 29.6 Å². The standard InChI is InChI=1S/C18H26N2O2/c1-14(2)13-19-17(21)18(22)20-10-8-16(9-11-20)12-15-6-4-3-5-7-15/h3-7,14,16H,8-13H2,1-2H3,(H,19,21). The lowest BCUT2D eigenvalue weighted by Crippen LogP contribution is -2.47. The van der Waals surface area contributed by atoms with Crippen LogP contribution in [0.15, 0.2) is 30.3 Å². The number of rotatable bonds is 4. The van der Waals surface area contributed by atoms with Crippen LogP contribution in [0.3, 0.4) is 0 Å². The Morgan fingerprint density at radius 1 is 1.18 bits per heavy atom. The number of likely N-dealkylation sites (tertiary alicyclic amines) is 1. The van der Waals surface area contributed by atoms with Crippen molar-refractivity contribution in [3.8, 4) is 0 Å². The molecule has 1 fully saturated rings. The molecule has 4 nitrogen and oxygen atoms in total. The van der Waals surface area contributed by atoms with E-state index in [1.165, 1.54) is 5.56 Å². The molecule has 1 aromatic carbocycles. The molecule has 1 aromatic rings. The summed E-state index contributed by atoms with van der Waals surface area (Å²) in [5.41, 5.74) is 1.35. The SMILES string of the molecule is CC(C)CNC(=O)C(=O)N1CCC(Cc2ccccc2)CC1. The highest BCUT2D eigenvalue weighted by molar-refractivity contribution is 6.35. The molecule has 2 rings (SSSR count). The van der Waals surface area contributed by atoms with Gasteiger partial charge in [-0.1, -0.05) is 44.2 Å². The van der Waals surface area contributed by atoms with E-state index in [1.807, 2.05) is 19.9 Å². The number of carbonyl (C=O) groups is 2. The second-order valence-electron chi connectivity index (χ2n) is 6.53. The van der Waals surface area contributed by atoms with Crippen molar-refractivity contribution in [1.82, 2.24) is 10.2 Å². The second-order valence-corrected chi connectivity index (χ2v) is 6.53. The second kappa shape index (κ2) is 7.97. The molecule has 120 valence electrons. The molecule has 0 radical (unpaired) electrons. The molecule has 2 amide bonds. The highest BCUT2D eigenvalue weighted by Crippen LogP contribution is 2.21. The largest absolute Gasteiger partial charge is 0.348 e. The predicted molar refractivity (Wildman–Crippen MR) is 87.3 cm³/mol. The van der Waals surface area contributed by atoms with Gasteiger partial charge in [0.1, 0.15) is 0 Å². The molecule has 0 spiro atoms. The Hall–Kier alpha value is -1.84. The van der Waals surface area contributed by atoms with Crippen LogP contribution in [0.4, 0.5) is 0 Å². The molecule has 4 heteroatoms. The number of nitrogens with one attached hydrogen (secondary N) is 1. The van der Waals surface area contributed by atoms with Gasteiger partial charge in [-0.2, -0.15) is 0 Å². The summed E-state index contributed by atoms with van der Waals surface area (Å²) in [6, 6.07) is 10.5. The van der Waals surface area contributed by atoms with E-state index < -0.39 is 5.91 Å². The zero-order valence-electron chi connectivity index (χ0n) is 13.5. The molecule has 0 aliphatic carbocycles. The number of amides is 2. The molecular weight excluding hydrogens is 276 g/mol. The average Bonchev–Trinajstić information content (AvgIpc) is 2.53. The number of nitrogens with zero attached hydrogens (tertiary/aromatic N) is 1. The minimum absolute atomic E-state index is 0.355. The van der Waals surface area contributed by atoms with Crippen LogP contribution >= 0.6 is 0 Å². The van der Waals surface area contributed by atoms with Gasteiger partial charge in [-0.15, -0.1) is 0 Å². The summed E-state index contributed by atoms with van der Waals surface area (Å²) in [6.07, 6.45) is 3.00. The van der Waals surface area contributed by atoms with E-state index in [4.69, 9.17) is 0 Å². The maximum atomic E-state index is 12.1. The molecule has 0 bridgehead atoms. The maximum Gasteiger partial charge on any atom is 0.311 e. The number of benzene rings is 1. The fourth-order valence-corrected chi connectivity index (χ4v) is 2.80. The van der Waals surface area contributed by atoms with E-state index >= 15 is 0 Å². The van der Waals surface area contributed by atoms with Crippen molar-refractivity contribution in [2.75, 3.05) is 19.6 Å². The number of carbonyl (C=O) groups excluding carboxylic acids is 2. The van der Waals surface area contributed by atoms with E-state index in [0.717, 1.165) is 19.3 Å². The van der Waals surface area contributed by atoms with Gasteiger partial charge in [0.05, 0.1) is 0 Å². The van der Waals surface area contributed by atoms with Crippen molar-refractivity contribution in [3.05, 3.63) is 35.9 Å². The van der Waals surface area contributed by atoms with E-state index in [9.17, 15) is 9.59 Å². The van der Waals surface area contributed by atoms with Crippen molar-refractivity contribution in [3.63, 3.8) is 0 Å². The lowest BCUT2D eigenvalue weighted by molar-refractivity contribution is -0.146. The molecule has 1 saturated heterocycles. The van der Waals surface area contributed by atoms with Gasteiger partial charge >= 0.3 is 11.8 Å². The topological polar surface area (TPSA) is 49.4 Å². The molecule has 0 atom stereocenters. The molecule has 22 heavy (non-hydrogen) atoms. The number of hydrogen-bond acceptors (Lipinski definition) is 2. The van der Waals surface area contributed by atoms with Gasteiger partial charge < -0.3 is 10.2 Å². The van der Waals surface area contributed by atoms with Crippen molar-refractivity contribution < 1.29 is 9.59 Å². The van der Waals surface area contributed by atoms with Gasteiger partial charge in [0.25, 0.3) is 0 Å². The first-order valence-corrected chi connectivity index (χ1v) is 8.17. The van der Waals surface area contributed by atoms with Gasteiger partial charge in [0.2, 0.25) is 0 Å². The molecule has 1 aliphatic rings. The normalized spacial score (nSPS) is 15.9. The van der Waals surface area contributed by atoms with Crippen LogP contribution in [0.25, 0.3) is 0 Å². The first-order chi connectivity index (χ1) is 10.6. The van der Waals surface area contributed by atoms with Crippen molar-refractivity contribution in [2.45, 2.75) is 33.1 Å². The summed E-state index contributed by atoms with van der Waals surface area (Å²) in [4.78, 5) is 25.6. The summed E-state index contributed by atoms with van der Waals surface area (Å²) in [6.45, 7) is 5.95. The fourth-order valence-electron chi connectivity index (χ4n) is 2.80. The fraction of sp³-hybridized carbons (Fsp3) is 0.556. The van der Waals surface area contributed by atoms with Crippen molar-refractivity contribution in [1.29, 1.82) is 0 Å². The summed E-state index contributed by atoms with van der Waals surface area (Å²) < 4.78 is 0. The zero-order valence-corrected chi connectivity index (χ0v) is 13.5.